The molecule has 0 amide bonds. The Kier molecular flexibility index (Phi) is 6.01. The number of benzene rings is 1. The van der Waals surface area contributed by atoms with Crippen molar-refractivity contribution >= 4 is 0 Å². The largest absolute Gasteiger partial charge is 0.459 e. The third-order valence-corrected chi connectivity index (χ3v) is 3.97. The standard InChI is InChI=1S/C14H8F14/c15-6-8-4-2-1-3-7(8)5-9(12(20,21)22,13(23,24)25)10(16,17)11(18,19)14(26,27)28/h1-4H,5-6H2. The first-order chi connectivity index (χ1) is 12.3. The predicted molar refractivity (Wildman–Crippen MR) is 65.4 cm³/mol. The first-order valence-corrected chi connectivity index (χ1v) is 6.86. The molecule has 14 heteroatoms. The average Bonchev–Trinajstić information content (AvgIpc) is 2.48. The molecule has 0 atom stereocenters. The summed E-state index contributed by atoms with van der Waals surface area (Å²) in [5.41, 5.74) is -9.35. The second-order valence-electron chi connectivity index (χ2n) is 5.63. The van der Waals surface area contributed by atoms with Gasteiger partial charge in [-0.15, -0.1) is 0 Å². The Bertz CT molecular complexity index is 665. The maximum Gasteiger partial charge on any atom is 0.459 e. The van der Waals surface area contributed by atoms with Crippen LogP contribution in [-0.4, -0.2) is 30.4 Å². The SMILES string of the molecule is FCc1ccccc1CC(C(F)(F)F)(C(F)(F)F)C(F)(F)C(F)(F)C(F)(F)F. The van der Waals surface area contributed by atoms with Crippen molar-refractivity contribution in [3.63, 3.8) is 0 Å². The second-order valence-corrected chi connectivity index (χ2v) is 5.63. The Balaban J connectivity index is 3.94. The summed E-state index contributed by atoms with van der Waals surface area (Å²) in [6.45, 7) is -1.79. The van der Waals surface area contributed by atoms with Crippen molar-refractivity contribution in [2.24, 2.45) is 5.41 Å². The van der Waals surface area contributed by atoms with Crippen LogP contribution in [0.2, 0.25) is 0 Å². The molecule has 0 fully saturated rings. The molecule has 0 aliphatic heterocycles. The minimum atomic E-state index is -7.72. The summed E-state index contributed by atoms with van der Waals surface area (Å²) in [6.07, 6.45) is -25.2. The van der Waals surface area contributed by atoms with Gasteiger partial charge in [0, 0.05) is 6.42 Å². The van der Waals surface area contributed by atoms with E-state index >= 15 is 0 Å². The molecule has 0 aromatic heterocycles. The summed E-state index contributed by atoms with van der Waals surface area (Å²) >= 11 is 0. The molecular formula is C14H8F14. The van der Waals surface area contributed by atoms with Crippen molar-refractivity contribution < 1.29 is 61.5 Å². The molecule has 0 radical (unpaired) electrons. The smallest absolute Gasteiger partial charge is 0.246 e. The fourth-order valence-electron chi connectivity index (χ4n) is 2.42. The van der Waals surface area contributed by atoms with Crippen LogP contribution in [0.4, 0.5) is 61.5 Å². The molecule has 1 rings (SSSR count). The Morgan fingerprint density at radius 1 is 0.536 bits per heavy atom. The van der Waals surface area contributed by atoms with E-state index in [-0.39, 0.29) is 6.07 Å². The lowest BCUT2D eigenvalue weighted by atomic mass is 9.71. The van der Waals surface area contributed by atoms with Crippen LogP contribution in [0.5, 0.6) is 0 Å². The van der Waals surface area contributed by atoms with Gasteiger partial charge in [-0.25, -0.2) is 4.39 Å². The van der Waals surface area contributed by atoms with Crippen LogP contribution in [-0.2, 0) is 13.1 Å². The molecule has 162 valence electrons. The Morgan fingerprint density at radius 2 is 0.929 bits per heavy atom. The Morgan fingerprint density at radius 3 is 1.25 bits per heavy atom. The lowest BCUT2D eigenvalue weighted by Crippen LogP contribution is -2.71. The molecule has 0 heterocycles. The van der Waals surface area contributed by atoms with E-state index in [4.69, 9.17) is 0 Å². The van der Waals surface area contributed by atoms with Crippen molar-refractivity contribution in [1.29, 1.82) is 0 Å². The van der Waals surface area contributed by atoms with E-state index < -0.39 is 60.0 Å². The minimum Gasteiger partial charge on any atom is -0.246 e. The van der Waals surface area contributed by atoms with E-state index in [9.17, 15) is 61.5 Å². The number of halogens is 14. The molecule has 1 aromatic carbocycles. The van der Waals surface area contributed by atoms with Gasteiger partial charge in [-0.1, -0.05) is 24.3 Å². The van der Waals surface area contributed by atoms with Crippen LogP contribution in [0.1, 0.15) is 11.1 Å². The van der Waals surface area contributed by atoms with Crippen molar-refractivity contribution in [3.05, 3.63) is 35.4 Å². The van der Waals surface area contributed by atoms with Gasteiger partial charge in [0.15, 0.2) is 0 Å². The quantitative estimate of drug-likeness (QED) is 0.449. The summed E-state index contributed by atoms with van der Waals surface area (Å²) in [4.78, 5) is 0. The Hall–Kier alpha value is -1.76. The number of alkyl halides is 14. The molecule has 0 nitrogen and oxygen atoms in total. The lowest BCUT2D eigenvalue weighted by Gasteiger charge is -2.45. The van der Waals surface area contributed by atoms with E-state index in [1.165, 1.54) is 0 Å². The summed E-state index contributed by atoms with van der Waals surface area (Å²) < 4.78 is 183. The van der Waals surface area contributed by atoms with E-state index in [0.717, 1.165) is 6.07 Å². The highest BCUT2D eigenvalue weighted by atomic mass is 19.4. The van der Waals surface area contributed by atoms with E-state index in [1.54, 1.807) is 0 Å². The molecule has 0 N–H and O–H groups in total. The first kappa shape index (κ1) is 24.3. The van der Waals surface area contributed by atoms with Crippen LogP contribution < -0.4 is 0 Å². The fourth-order valence-corrected chi connectivity index (χ4v) is 2.42. The van der Waals surface area contributed by atoms with Gasteiger partial charge in [0.25, 0.3) is 0 Å². The molecule has 0 saturated carbocycles. The summed E-state index contributed by atoms with van der Waals surface area (Å²) in [7, 11) is 0. The summed E-state index contributed by atoms with van der Waals surface area (Å²) in [5.74, 6) is -15.4. The van der Waals surface area contributed by atoms with E-state index in [2.05, 4.69) is 0 Å². The first-order valence-electron chi connectivity index (χ1n) is 6.86. The van der Waals surface area contributed by atoms with Crippen LogP contribution in [0.25, 0.3) is 0 Å². The highest BCUT2D eigenvalue weighted by molar-refractivity contribution is 5.30. The second kappa shape index (κ2) is 6.94. The third kappa shape index (κ3) is 3.49. The molecule has 0 bridgehead atoms. The minimum absolute atomic E-state index is 0.281. The average molecular weight is 442 g/mol. The van der Waals surface area contributed by atoms with Crippen molar-refractivity contribution in [2.45, 2.75) is 43.5 Å². The van der Waals surface area contributed by atoms with Gasteiger partial charge in [-0.2, -0.15) is 57.1 Å². The van der Waals surface area contributed by atoms with E-state index in [1.807, 2.05) is 0 Å². The van der Waals surface area contributed by atoms with Crippen LogP contribution in [0, 0.1) is 5.41 Å². The highest BCUT2D eigenvalue weighted by Gasteiger charge is 2.91. The zero-order chi connectivity index (χ0) is 22.4. The predicted octanol–water partition coefficient (Wildman–Crippen LogP) is 6.64. The topological polar surface area (TPSA) is 0 Å². The van der Waals surface area contributed by atoms with Crippen LogP contribution in [0.15, 0.2) is 24.3 Å². The third-order valence-electron chi connectivity index (χ3n) is 3.97. The summed E-state index contributed by atoms with van der Waals surface area (Å²) in [6, 6.07) is 2.39. The Labute approximate surface area is 147 Å². The van der Waals surface area contributed by atoms with Crippen molar-refractivity contribution in [2.75, 3.05) is 0 Å². The van der Waals surface area contributed by atoms with E-state index in [0.29, 0.717) is 12.1 Å². The fraction of sp³-hybridized carbons (Fsp3) is 0.571. The van der Waals surface area contributed by atoms with Crippen LogP contribution >= 0.6 is 0 Å². The summed E-state index contributed by atoms with van der Waals surface area (Å²) in [5, 5.41) is 0. The zero-order valence-electron chi connectivity index (χ0n) is 13.0. The maximum atomic E-state index is 13.9. The molecule has 0 aliphatic rings. The van der Waals surface area contributed by atoms with Crippen molar-refractivity contribution in [1.82, 2.24) is 0 Å². The number of hydrogen-bond acceptors (Lipinski definition) is 0. The highest BCUT2D eigenvalue weighted by Crippen LogP contribution is 2.66. The van der Waals surface area contributed by atoms with Gasteiger partial charge in [0.2, 0.25) is 5.41 Å². The van der Waals surface area contributed by atoms with Gasteiger partial charge in [-0.05, 0) is 11.1 Å². The lowest BCUT2D eigenvalue weighted by molar-refractivity contribution is -0.460. The van der Waals surface area contributed by atoms with Crippen LogP contribution in [0.3, 0.4) is 0 Å². The molecule has 0 spiro atoms. The van der Waals surface area contributed by atoms with Gasteiger partial charge in [-0.3, -0.25) is 0 Å². The monoisotopic (exact) mass is 442 g/mol. The molecule has 0 saturated heterocycles. The normalized spacial score (nSPS) is 15.1. The van der Waals surface area contributed by atoms with Gasteiger partial charge >= 0.3 is 30.4 Å². The van der Waals surface area contributed by atoms with Gasteiger partial charge in [0.05, 0.1) is 0 Å². The van der Waals surface area contributed by atoms with Crippen molar-refractivity contribution in [3.8, 4) is 0 Å². The zero-order valence-corrected chi connectivity index (χ0v) is 13.0. The molecular weight excluding hydrogens is 434 g/mol. The number of rotatable bonds is 5. The van der Waals surface area contributed by atoms with Gasteiger partial charge in [0.1, 0.15) is 6.67 Å². The number of hydrogen-bond donors (Lipinski definition) is 0. The molecule has 0 aliphatic carbocycles. The van der Waals surface area contributed by atoms with Gasteiger partial charge < -0.3 is 0 Å². The molecule has 28 heavy (non-hydrogen) atoms. The molecule has 1 aromatic rings. The molecule has 0 unspecified atom stereocenters. The maximum absolute atomic E-state index is 13.9.